The average Bonchev–Trinajstić information content (AvgIpc) is 3.36. The first-order chi connectivity index (χ1) is 14.1. The number of rotatable bonds is 10. The van der Waals surface area contributed by atoms with E-state index in [1.807, 2.05) is 25.3 Å². The maximum Gasteiger partial charge on any atom is 0.369 e. The molecule has 9 nitrogen and oxygen atoms in total. The van der Waals surface area contributed by atoms with E-state index in [1.165, 1.54) is 11.3 Å². The third kappa shape index (κ3) is 5.23. The predicted octanol–water partition coefficient (Wildman–Crippen LogP) is 2.71. The van der Waals surface area contributed by atoms with Gasteiger partial charge in [-0.3, -0.25) is 4.79 Å². The van der Waals surface area contributed by atoms with Gasteiger partial charge < -0.3 is 14.8 Å². The highest BCUT2D eigenvalue weighted by atomic mass is 32.1. The summed E-state index contributed by atoms with van der Waals surface area (Å²) in [6.45, 7) is 4.92. The summed E-state index contributed by atoms with van der Waals surface area (Å²) in [7, 11) is 0. The molecule has 29 heavy (non-hydrogen) atoms. The third-order valence-electron chi connectivity index (χ3n) is 3.80. The Balaban J connectivity index is 1.69. The summed E-state index contributed by atoms with van der Waals surface area (Å²) < 4.78 is 13.6. The molecule has 0 saturated heterocycles. The standard InChI is InChI=1S/C19H23N5O4S/c1-3-9-27-15-8-7-14(12-16(15)28-10-4-2)20-17(25)13-23-19(26)24(22-21-23)18-6-5-11-29-18/h5-8,11-12H,3-4,9-10,13H2,1-2H3,(H,20,25). The Kier molecular flexibility index (Phi) is 7.01. The van der Waals surface area contributed by atoms with Gasteiger partial charge in [-0.1, -0.05) is 13.8 Å². The van der Waals surface area contributed by atoms with Crippen molar-refractivity contribution in [2.45, 2.75) is 33.2 Å². The number of thiophene rings is 1. The third-order valence-corrected chi connectivity index (χ3v) is 4.64. The molecule has 0 aliphatic heterocycles. The number of tetrazole rings is 1. The van der Waals surface area contributed by atoms with Gasteiger partial charge in [0, 0.05) is 11.8 Å². The first-order valence-corrected chi connectivity index (χ1v) is 10.3. The summed E-state index contributed by atoms with van der Waals surface area (Å²) in [6, 6.07) is 8.77. The van der Waals surface area contributed by atoms with Gasteiger partial charge in [0.2, 0.25) is 5.91 Å². The molecule has 1 N–H and O–H groups in total. The second-order valence-electron chi connectivity index (χ2n) is 6.19. The number of benzene rings is 1. The van der Waals surface area contributed by atoms with E-state index in [1.54, 1.807) is 24.3 Å². The fraction of sp³-hybridized carbons (Fsp3) is 0.368. The van der Waals surface area contributed by atoms with Gasteiger partial charge in [0.25, 0.3) is 0 Å². The Morgan fingerprint density at radius 2 is 1.86 bits per heavy atom. The van der Waals surface area contributed by atoms with Crippen LogP contribution in [0.5, 0.6) is 11.5 Å². The van der Waals surface area contributed by atoms with Gasteiger partial charge in [0.15, 0.2) is 11.5 Å². The number of ether oxygens (including phenoxy) is 2. The quantitative estimate of drug-likeness (QED) is 0.544. The largest absolute Gasteiger partial charge is 0.490 e. The minimum absolute atomic E-state index is 0.247. The monoisotopic (exact) mass is 417 g/mol. The van der Waals surface area contributed by atoms with Gasteiger partial charge in [-0.15, -0.1) is 11.3 Å². The molecular formula is C19H23N5O4S. The van der Waals surface area contributed by atoms with Crippen molar-refractivity contribution in [2.75, 3.05) is 18.5 Å². The number of nitrogens with one attached hydrogen (secondary N) is 1. The highest BCUT2D eigenvalue weighted by Gasteiger charge is 2.14. The summed E-state index contributed by atoms with van der Waals surface area (Å²) >= 11 is 1.36. The maximum atomic E-state index is 12.4. The van der Waals surface area contributed by atoms with Crippen LogP contribution in [0, 0.1) is 0 Å². The second-order valence-corrected chi connectivity index (χ2v) is 7.11. The van der Waals surface area contributed by atoms with Crippen molar-refractivity contribution >= 4 is 22.9 Å². The van der Waals surface area contributed by atoms with E-state index in [0.29, 0.717) is 35.4 Å². The van der Waals surface area contributed by atoms with Crippen LogP contribution in [0.4, 0.5) is 5.69 Å². The molecule has 3 aromatic rings. The topological polar surface area (TPSA) is 100 Å². The molecule has 0 aliphatic carbocycles. The number of amides is 1. The molecule has 0 radical (unpaired) electrons. The van der Waals surface area contributed by atoms with Crippen LogP contribution in [-0.2, 0) is 11.3 Å². The molecule has 10 heteroatoms. The molecule has 0 atom stereocenters. The summed E-state index contributed by atoms with van der Waals surface area (Å²) in [6.07, 6.45) is 1.74. The molecule has 0 spiro atoms. The van der Waals surface area contributed by atoms with Crippen molar-refractivity contribution in [3.05, 3.63) is 46.2 Å². The van der Waals surface area contributed by atoms with E-state index < -0.39 is 11.6 Å². The number of carbonyl (C=O) groups is 1. The molecule has 0 aliphatic rings. The first-order valence-electron chi connectivity index (χ1n) is 9.38. The molecule has 1 amide bonds. The lowest BCUT2D eigenvalue weighted by molar-refractivity contribution is -0.117. The smallest absolute Gasteiger partial charge is 0.369 e. The zero-order valence-corrected chi connectivity index (χ0v) is 17.1. The number of hydrogen-bond acceptors (Lipinski definition) is 7. The SMILES string of the molecule is CCCOc1ccc(NC(=O)Cn2nnn(-c3cccs3)c2=O)cc1OCCC. The lowest BCUT2D eigenvalue weighted by Crippen LogP contribution is -2.29. The Hall–Kier alpha value is -3.14. The molecule has 0 unspecified atom stereocenters. The van der Waals surface area contributed by atoms with Crippen LogP contribution < -0.4 is 20.5 Å². The van der Waals surface area contributed by atoms with Crippen LogP contribution in [0.25, 0.3) is 5.00 Å². The number of nitrogens with zero attached hydrogens (tertiary/aromatic N) is 4. The van der Waals surface area contributed by atoms with Gasteiger partial charge in [0.05, 0.1) is 13.2 Å². The number of anilines is 1. The summed E-state index contributed by atoms with van der Waals surface area (Å²) in [5, 5.41) is 12.8. The minimum Gasteiger partial charge on any atom is -0.490 e. The summed E-state index contributed by atoms with van der Waals surface area (Å²) in [5.74, 6) is 0.807. The predicted molar refractivity (Wildman–Crippen MR) is 110 cm³/mol. The molecule has 2 heterocycles. The second kappa shape index (κ2) is 9.87. The van der Waals surface area contributed by atoms with E-state index in [0.717, 1.165) is 22.2 Å². The molecular weight excluding hydrogens is 394 g/mol. The Bertz CT molecular complexity index is 996. The fourth-order valence-electron chi connectivity index (χ4n) is 2.48. The van der Waals surface area contributed by atoms with Gasteiger partial charge in [-0.2, -0.15) is 9.36 Å². The molecule has 154 valence electrons. The highest BCUT2D eigenvalue weighted by Crippen LogP contribution is 2.31. The zero-order valence-electron chi connectivity index (χ0n) is 16.3. The molecule has 1 aromatic carbocycles. The van der Waals surface area contributed by atoms with E-state index >= 15 is 0 Å². The van der Waals surface area contributed by atoms with E-state index in [-0.39, 0.29) is 6.54 Å². The van der Waals surface area contributed by atoms with E-state index in [9.17, 15) is 9.59 Å². The van der Waals surface area contributed by atoms with Crippen LogP contribution in [-0.4, -0.2) is 38.9 Å². The molecule has 0 saturated carbocycles. The van der Waals surface area contributed by atoms with Crippen molar-refractivity contribution in [1.82, 2.24) is 19.8 Å². The molecule has 0 fully saturated rings. The van der Waals surface area contributed by atoms with Crippen LogP contribution in [0.15, 0.2) is 40.5 Å². The van der Waals surface area contributed by atoms with Crippen LogP contribution in [0.1, 0.15) is 26.7 Å². The van der Waals surface area contributed by atoms with Crippen molar-refractivity contribution < 1.29 is 14.3 Å². The zero-order chi connectivity index (χ0) is 20.6. The van der Waals surface area contributed by atoms with Crippen molar-refractivity contribution in [3.8, 4) is 16.5 Å². The minimum atomic E-state index is -0.474. The van der Waals surface area contributed by atoms with Gasteiger partial charge in [-0.05, 0) is 52.9 Å². The molecule has 2 aromatic heterocycles. The van der Waals surface area contributed by atoms with Gasteiger partial charge in [-0.25, -0.2) is 4.79 Å². The maximum absolute atomic E-state index is 12.4. The normalized spacial score (nSPS) is 10.7. The summed E-state index contributed by atoms with van der Waals surface area (Å²) in [4.78, 5) is 24.8. The van der Waals surface area contributed by atoms with Crippen molar-refractivity contribution in [2.24, 2.45) is 0 Å². The Labute approximate surface area is 171 Å². The Morgan fingerprint density at radius 1 is 1.10 bits per heavy atom. The summed E-state index contributed by atoms with van der Waals surface area (Å²) in [5.41, 5.74) is 0.0709. The van der Waals surface area contributed by atoms with Crippen LogP contribution >= 0.6 is 11.3 Å². The van der Waals surface area contributed by atoms with Crippen molar-refractivity contribution in [3.63, 3.8) is 0 Å². The lowest BCUT2D eigenvalue weighted by Gasteiger charge is -2.14. The lowest BCUT2D eigenvalue weighted by atomic mass is 10.2. The van der Waals surface area contributed by atoms with Crippen LogP contribution in [0.2, 0.25) is 0 Å². The first kappa shape index (κ1) is 20.6. The molecule has 0 bridgehead atoms. The van der Waals surface area contributed by atoms with E-state index in [2.05, 4.69) is 15.7 Å². The van der Waals surface area contributed by atoms with Crippen LogP contribution in [0.3, 0.4) is 0 Å². The van der Waals surface area contributed by atoms with Gasteiger partial charge >= 0.3 is 5.69 Å². The average molecular weight is 417 g/mol. The van der Waals surface area contributed by atoms with Crippen molar-refractivity contribution in [1.29, 1.82) is 0 Å². The Morgan fingerprint density at radius 3 is 2.55 bits per heavy atom. The number of aromatic nitrogens is 4. The van der Waals surface area contributed by atoms with Gasteiger partial charge in [0.1, 0.15) is 11.5 Å². The number of hydrogen-bond donors (Lipinski definition) is 1. The number of carbonyl (C=O) groups excluding carboxylic acids is 1. The highest BCUT2D eigenvalue weighted by molar-refractivity contribution is 7.12. The fourth-order valence-corrected chi connectivity index (χ4v) is 3.15. The molecule has 3 rings (SSSR count). The van der Waals surface area contributed by atoms with E-state index in [4.69, 9.17) is 9.47 Å².